The smallest absolute Gasteiger partial charge is 0.299 e. The molecule has 0 saturated heterocycles. The van der Waals surface area contributed by atoms with Crippen LogP contribution in [0.5, 0.6) is 0 Å². The van der Waals surface area contributed by atoms with Crippen molar-refractivity contribution in [2.75, 3.05) is 11.4 Å². The number of Topliss-reactive ketones (excluding diaryl/α,β-unsaturated/α-hetero) is 1. The normalized spacial score (nSPS) is 18.9. The number of fused-ring (bicyclic) bond motifs is 1. The van der Waals surface area contributed by atoms with Gasteiger partial charge in [0.05, 0.1) is 22.3 Å². The van der Waals surface area contributed by atoms with Crippen molar-refractivity contribution in [2.45, 2.75) is 19.3 Å². The van der Waals surface area contributed by atoms with Crippen molar-refractivity contribution in [3.8, 4) is 6.07 Å². The number of rotatable bonds is 3. The van der Waals surface area contributed by atoms with Crippen LogP contribution in [0.1, 0.15) is 29.6 Å². The summed E-state index contributed by atoms with van der Waals surface area (Å²) in [6, 6.07) is 4.49. The van der Waals surface area contributed by atoms with Crippen molar-refractivity contribution in [1.29, 1.82) is 5.26 Å². The molecular formula is C14H10ClFN2O2. The predicted octanol–water partition coefficient (Wildman–Crippen LogP) is 2.70. The molecule has 2 aliphatic rings. The molecule has 0 aromatic heterocycles. The Balaban J connectivity index is 2.03. The number of amides is 1. The highest BCUT2D eigenvalue weighted by Crippen LogP contribution is 2.51. The lowest BCUT2D eigenvalue weighted by molar-refractivity contribution is -0.114. The summed E-state index contributed by atoms with van der Waals surface area (Å²) in [5.41, 5.74) is -0.415. The summed E-state index contributed by atoms with van der Waals surface area (Å²) in [7, 11) is 0. The average molecular weight is 293 g/mol. The van der Waals surface area contributed by atoms with E-state index in [2.05, 4.69) is 6.07 Å². The third-order valence-corrected chi connectivity index (χ3v) is 4.23. The second kappa shape index (κ2) is 4.29. The molecule has 1 amide bonds. The molecule has 4 nitrogen and oxygen atoms in total. The van der Waals surface area contributed by atoms with E-state index in [4.69, 9.17) is 16.9 Å². The fraction of sp³-hybridized carbons (Fsp3) is 0.357. The van der Waals surface area contributed by atoms with Crippen LogP contribution in [0.3, 0.4) is 0 Å². The Morgan fingerprint density at radius 2 is 2.10 bits per heavy atom. The molecule has 0 N–H and O–H groups in total. The molecule has 0 atom stereocenters. The van der Waals surface area contributed by atoms with Crippen LogP contribution in [0, 0.1) is 22.6 Å². The first-order valence-corrected chi connectivity index (χ1v) is 6.58. The Morgan fingerprint density at radius 3 is 2.70 bits per heavy atom. The molecule has 1 aromatic carbocycles. The van der Waals surface area contributed by atoms with Gasteiger partial charge in [0, 0.05) is 18.4 Å². The molecule has 20 heavy (non-hydrogen) atoms. The summed E-state index contributed by atoms with van der Waals surface area (Å²) in [5.74, 6) is -2.19. The minimum atomic E-state index is -0.780. The zero-order valence-electron chi connectivity index (χ0n) is 10.4. The molecule has 6 heteroatoms. The van der Waals surface area contributed by atoms with Crippen LogP contribution >= 0.6 is 11.6 Å². The fourth-order valence-electron chi connectivity index (χ4n) is 2.57. The van der Waals surface area contributed by atoms with Gasteiger partial charge in [-0.3, -0.25) is 9.59 Å². The first-order chi connectivity index (χ1) is 9.49. The number of hydrogen-bond donors (Lipinski definition) is 0. The first-order valence-electron chi connectivity index (χ1n) is 6.20. The maximum Gasteiger partial charge on any atom is 0.299 e. The van der Waals surface area contributed by atoms with E-state index in [0.29, 0.717) is 6.42 Å². The van der Waals surface area contributed by atoms with E-state index in [-0.39, 0.29) is 28.2 Å². The minimum absolute atomic E-state index is 0.0447. The van der Waals surface area contributed by atoms with Gasteiger partial charge in [0.25, 0.3) is 11.7 Å². The fourth-order valence-corrected chi connectivity index (χ4v) is 2.81. The van der Waals surface area contributed by atoms with Crippen molar-refractivity contribution in [2.24, 2.45) is 5.41 Å². The molecule has 0 spiro atoms. The van der Waals surface area contributed by atoms with Crippen molar-refractivity contribution in [3.63, 3.8) is 0 Å². The monoisotopic (exact) mass is 292 g/mol. The van der Waals surface area contributed by atoms with Gasteiger partial charge in [-0.05, 0) is 25.0 Å². The maximum atomic E-state index is 14.0. The molecule has 3 rings (SSSR count). The maximum absolute atomic E-state index is 14.0. The number of nitriles is 1. The molecule has 1 aromatic rings. The van der Waals surface area contributed by atoms with Crippen LogP contribution in [0.2, 0.25) is 5.02 Å². The lowest BCUT2D eigenvalue weighted by atomic mass is 10.0. The van der Waals surface area contributed by atoms with Gasteiger partial charge >= 0.3 is 0 Å². The van der Waals surface area contributed by atoms with Gasteiger partial charge in [0.1, 0.15) is 5.82 Å². The van der Waals surface area contributed by atoms with E-state index in [1.165, 1.54) is 6.07 Å². The number of nitrogens with zero attached hydrogens (tertiary/aromatic N) is 2. The van der Waals surface area contributed by atoms with Crippen LogP contribution in [0.25, 0.3) is 0 Å². The molecule has 1 fully saturated rings. The van der Waals surface area contributed by atoms with E-state index in [1.807, 2.05) is 0 Å². The largest absolute Gasteiger partial charge is 0.301 e. The molecular weight excluding hydrogens is 283 g/mol. The van der Waals surface area contributed by atoms with Crippen LogP contribution < -0.4 is 4.90 Å². The third kappa shape index (κ3) is 1.80. The van der Waals surface area contributed by atoms with Gasteiger partial charge in [-0.15, -0.1) is 0 Å². The molecule has 1 aliphatic heterocycles. The van der Waals surface area contributed by atoms with Gasteiger partial charge < -0.3 is 4.90 Å². The number of anilines is 1. The number of benzene rings is 1. The average Bonchev–Trinajstić information content (AvgIpc) is 3.12. The highest BCUT2D eigenvalue weighted by molar-refractivity contribution is 6.55. The van der Waals surface area contributed by atoms with E-state index >= 15 is 0 Å². The lowest BCUT2D eigenvalue weighted by Gasteiger charge is -2.22. The number of hydrogen-bond acceptors (Lipinski definition) is 3. The standard InChI is InChI=1S/C14H10ClFN2O2/c15-8-1-2-9(16)11-10(8)12(19)13(20)18(11)7-14(3-4-14)5-6-17/h1-2H,3-5,7H2. The molecule has 0 radical (unpaired) electrons. The van der Waals surface area contributed by atoms with Crippen molar-refractivity contribution >= 4 is 29.0 Å². The summed E-state index contributed by atoms with van der Waals surface area (Å²) >= 11 is 5.90. The SMILES string of the molecule is N#CCC1(CN2C(=O)C(=O)c3c(Cl)ccc(F)c32)CC1. The second-order valence-corrected chi connectivity index (χ2v) is 5.72. The summed E-state index contributed by atoms with van der Waals surface area (Å²) < 4.78 is 14.0. The van der Waals surface area contributed by atoms with E-state index < -0.39 is 17.5 Å². The third-order valence-electron chi connectivity index (χ3n) is 3.92. The van der Waals surface area contributed by atoms with Crippen molar-refractivity contribution < 1.29 is 14.0 Å². The molecule has 102 valence electrons. The highest BCUT2D eigenvalue weighted by Gasteiger charge is 2.49. The number of ketones is 1. The topological polar surface area (TPSA) is 61.2 Å². The van der Waals surface area contributed by atoms with Gasteiger partial charge in [-0.1, -0.05) is 11.6 Å². The van der Waals surface area contributed by atoms with Crippen LogP contribution in [-0.4, -0.2) is 18.2 Å². The van der Waals surface area contributed by atoms with Gasteiger partial charge in [-0.2, -0.15) is 5.26 Å². The van der Waals surface area contributed by atoms with E-state index in [0.717, 1.165) is 23.8 Å². The second-order valence-electron chi connectivity index (χ2n) is 5.31. The van der Waals surface area contributed by atoms with Crippen LogP contribution in [-0.2, 0) is 4.79 Å². The van der Waals surface area contributed by atoms with Gasteiger partial charge in [0.15, 0.2) is 0 Å². The molecule has 1 heterocycles. The van der Waals surface area contributed by atoms with E-state index in [9.17, 15) is 14.0 Å². The lowest BCUT2D eigenvalue weighted by Crippen LogP contribution is -2.35. The zero-order valence-corrected chi connectivity index (χ0v) is 11.2. The number of carbonyl (C=O) groups is 2. The first kappa shape index (κ1) is 13.1. The Labute approximate surface area is 119 Å². The molecule has 1 aliphatic carbocycles. The van der Waals surface area contributed by atoms with Crippen molar-refractivity contribution in [3.05, 3.63) is 28.5 Å². The summed E-state index contributed by atoms with van der Waals surface area (Å²) in [4.78, 5) is 25.1. The Hall–Kier alpha value is -1.93. The minimum Gasteiger partial charge on any atom is -0.301 e. The van der Waals surface area contributed by atoms with Gasteiger partial charge in [-0.25, -0.2) is 4.39 Å². The predicted molar refractivity (Wildman–Crippen MR) is 70.0 cm³/mol. The van der Waals surface area contributed by atoms with Crippen molar-refractivity contribution in [1.82, 2.24) is 0 Å². The summed E-state index contributed by atoms with van der Waals surface area (Å²) in [6.45, 7) is 0.190. The Kier molecular flexibility index (Phi) is 2.80. The Bertz CT molecular complexity index is 676. The molecule has 1 saturated carbocycles. The number of halogens is 2. The molecule has 0 bridgehead atoms. The number of carbonyl (C=O) groups excluding carboxylic acids is 2. The molecule has 0 unspecified atom stereocenters. The summed E-state index contributed by atoms with van der Waals surface area (Å²) in [6.07, 6.45) is 1.90. The van der Waals surface area contributed by atoms with E-state index in [1.54, 1.807) is 0 Å². The quantitative estimate of drug-likeness (QED) is 0.805. The van der Waals surface area contributed by atoms with Gasteiger partial charge in [0.2, 0.25) is 0 Å². The van der Waals surface area contributed by atoms with Crippen LogP contribution in [0.15, 0.2) is 12.1 Å². The Morgan fingerprint density at radius 1 is 1.40 bits per heavy atom. The van der Waals surface area contributed by atoms with Crippen LogP contribution in [0.4, 0.5) is 10.1 Å². The summed E-state index contributed by atoms with van der Waals surface area (Å²) in [5, 5.41) is 8.89. The highest BCUT2D eigenvalue weighted by atomic mass is 35.5. The zero-order chi connectivity index (χ0) is 14.5.